The summed E-state index contributed by atoms with van der Waals surface area (Å²) >= 11 is 6.99. The highest BCUT2D eigenvalue weighted by Gasteiger charge is 2.68. The predicted octanol–water partition coefficient (Wildman–Crippen LogP) is 12.5. The minimum absolute atomic E-state index is 0.0486. The molecule has 0 spiro atoms. The lowest BCUT2D eigenvalue weighted by Gasteiger charge is -2.60. The number of fused-ring (bicyclic) bond motifs is 4. The van der Waals surface area contributed by atoms with Gasteiger partial charge in [-0.05, 0) is 141 Å². The van der Waals surface area contributed by atoms with Crippen molar-refractivity contribution < 1.29 is 19.1 Å². The van der Waals surface area contributed by atoms with Crippen LogP contribution in [0.3, 0.4) is 0 Å². The molecule has 2 fully saturated rings. The number of halogens is 2. The van der Waals surface area contributed by atoms with E-state index >= 15 is 0 Å². The standard InChI is InChI=1S/C43H56Br2O4/c1-7-43-36-20-15-31-25-34(48-39(46)29-11-16-32(44)17-12-29)21-23-41(31,5)35(36)22-24-42(43,6)37(28(4)10-8-9-27(2)3)26-38(43)49-40(47)30-13-18-33(45)19-14-30/h11-14,16-19,27-28,31,34,37-38H,7-10,15,20-26H2,1-6H3. The molecule has 266 valence electrons. The van der Waals surface area contributed by atoms with E-state index in [1.54, 1.807) is 11.1 Å². The first kappa shape index (κ1) is 36.9. The average molecular weight is 797 g/mol. The number of esters is 2. The van der Waals surface area contributed by atoms with Gasteiger partial charge in [-0.25, -0.2) is 9.59 Å². The highest BCUT2D eigenvalue weighted by Crippen LogP contribution is 2.73. The van der Waals surface area contributed by atoms with Crippen LogP contribution in [0.2, 0.25) is 0 Å². The topological polar surface area (TPSA) is 52.6 Å². The zero-order chi connectivity index (χ0) is 35.1. The van der Waals surface area contributed by atoms with E-state index in [2.05, 4.69) is 73.4 Å². The molecule has 0 amide bonds. The van der Waals surface area contributed by atoms with Crippen LogP contribution < -0.4 is 0 Å². The number of hydrogen-bond donors (Lipinski definition) is 0. The van der Waals surface area contributed by atoms with Gasteiger partial charge in [-0.15, -0.1) is 0 Å². The minimum Gasteiger partial charge on any atom is -0.459 e. The first-order valence-corrected chi connectivity index (χ1v) is 20.6. The molecule has 0 radical (unpaired) electrons. The summed E-state index contributed by atoms with van der Waals surface area (Å²) < 4.78 is 14.8. The fourth-order valence-electron chi connectivity index (χ4n) is 11.3. The molecule has 4 nitrogen and oxygen atoms in total. The van der Waals surface area contributed by atoms with Crippen LogP contribution in [-0.2, 0) is 9.47 Å². The van der Waals surface area contributed by atoms with Gasteiger partial charge >= 0.3 is 11.9 Å². The highest BCUT2D eigenvalue weighted by molar-refractivity contribution is 9.10. The van der Waals surface area contributed by atoms with Crippen molar-refractivity contribution in [3.05, 3.63) is 79.7 Å². The molecule has 6 heteroatoms. The van der Waals surface area contributed by atoms with Gasteiger partial charge in [0.1, 0.15) is 12.2 Å². The van der Waals surface area contributed by atoms with Gasteiger partial charge in [-0.2, -0.15) is 0 Å². The zero-order valence-electron chi connectivity index (χ0n) is 30.5. The van der Waals surface area contributed by atoms with Crippen molar-refractivity contribution in [3.8, 4) is 0 Å². The molecule has 49 heavy (non-hydrogen) atoms. The third kappa shape index (κ3) is 6.76. The number of ether oxygens (including phenoxy) is 2. The second-order valence-electron chi connectivity index (χ2n) is 16.7. The fraction of sp³-hybridized carbons (Fsp3) is 0.628. The normalized spacial score (nSPS) is 33.0. The van der Waals surface area contributed by atoms with E-state index in [0.29, 0.717) is 28.9 Å². The van der Waals surface area contributed by atoms with E-state index < -0.39 is 0 Å². The Balaban J connectivity index is 1.30. The zero-order valence-corrected chi connectivity index (χ0v) is 33.6. The molecule has 0 bridgehead atoms. The molecular weight excluding hydrogens is 740 g/mol. The van der Waals surface area contributed by atoms with Crippen molar-refractivity contribution in [3.63, 3.8) is 0 Å². The van der Waals surface area contributed by atoms with Crippen molar-refractivity contribution >= 4 is 43.8 Å². The monoisotopic (exact) mass is 794 g/mol. The number of carbonyl (C=O) groups excluding carboxylic acids is 2. The Kier molecular flexibility index (Phi) is 11.0. The van der Waals surface area contributed by atoms with Crippen molar-refractivity contribution in [2.75, 3.05) is 0 Å². The van der Waals surface area contributed by atoms with Crippen LogP contribution in [0.4, 0.5) is 0 Å². The molecule has 0 N–H and O–H groups in total. The maximum atomic E-state index is 13.9. The SMILES string of the molecule is CCC12C3=C(CCC1(C)C(C(C)CCCC(C)C)CC2OC(=O)c1ccc(Br)cc1)C1(C)CCC(OC(=O)c2ccc(Br)cc2)CC1CC3. The molecule has 0 aromatic heterocycles. The summed E-state index contributed by atoms with van der Waals surface area (Å²) in [5.41, 5.74) is 4.50. The number of carbonyl (C=O) groups is 2. The highest BCUT2D eigenvalue weighted by atomic mass is 79.9. The van der Waals surface area contributed by atoms with Gasteiger partial charge in [-0.1, -0.05) is 104 Å². The van der Waals surface area contributed by atoms with E-state index in [-0.39, 0.29) is 40.4 Å². The molecule has 4 aliphatic rings. The second-order valence-corrected chi connectivity index (χ2v) is 18.5. The van der Waals surface area contributed by atoms with Gasteiger partial charge < -0.3 is 9.47 Å². The quantitative estimate of drug-likeness (QED) is 0.177. The van der Waals surface area contributed by atoms with Gasteiger partial charge in [-0.3, -0.25) is 0 Å². The number of benzene rings is 2. The molecule has 0 saturated heterocycles. The van der Waals surface area contributed by atoms with Gasteiger partial charge in [0, 0.05) is 14.4 Å². The average Bonchev–Trinajstić information content (AvgIpc) is 3.33. The van der Waals surface area contributed by atoms with Crippen LogP contribution in [0.1, 0.15) is 139 Å². The maximum Gasteiger partial charge on any atom is 0.338 e. The second kappa shape index (κ2) is 14.6. The molecule has 2 saturated carbocycles. The Bertz CT molecular complexity index is 1550. The summed E-state index contributed by atoms with van der Waals surface area (Å²) in [5.74, 6) is 1.88. The van der Waals surface area contributed by atoms with Crippen LogP contribution in [0.25, 0.3) is 0 Å². The first-order chi connectivity index (χ1) is 23.3. The number of rotatable bonds is 10. The smallest absolute Gasteiger partial charge is 0.338 e. The largest absolute Gasteiger partial charge is 0.459 e. The lowest BCUT2D eigenvalue weighted by atomic mass is 9.45. The lowest BCUT2D eigenvalue weighted by molar-refractivity contribution is -0.0575. The predicted molar refractivity (Wildman–Crippen MR) is 204 cm³/mol. The summed E-state index contributed by atoms with van der Waals surface area (Å²) in [5, 5.41) is 0. The molecule has 2 aromatic rings. The third-order valence-electron chi connectivity index (χ3n) is 13.9. The Morgan fingerprint density at radius 3 is 2.00 bits per heavy atom. The van der Waals surface area contributed by atoms with Gasteiger partial charge in [0.05, 0.1) is 11.1 Å². The van der Waals surface area contributed by atoms with E-state index in [9.17, 15) is 9.59 Å². The summed E-state index contributed by atoms with van der Waals surface area (Å²) in [6, 6.07) is 15.1. The molecule has 8 unspecified atom stereocenters. The molecule has 2 aromatic carbocycles. The molecular formula is C43H56Br2O4. The van der Waals surface area contributed by atoms with E-state index in [4.69, 9.17) is 9.47 Å². The molecule has 8 atom stereocenters. The summed E-state index contributed by atoms with van der Waals surface area (Å²) in [6.45, 7) is 14.6. The Labute approximate surface area is 311 Å². The van der Waals surface area contributed by atoms with Crippen LogP contribution in [0, 0.1) is 39.9 Å². The van der Waals surface area contributed by atoms with Crippen LogP contribution >= 0.6 is 31.9 Å². The fourth-order valence-corrected chi connectivity index (χ4v) is 11.8. The van der Waals surface area contributed by atoms with Gasteiger partial charge in [0.25, 0.3) is 0 Å². The lowest BCUT2D eigenvalue weighted by Crippen LogP contribution is -2.53. The Morgan fingerprint density at radius 2 is 1.41 bits per heavy atom. The van der Waals surface area contributed by atoms with E-state index in [0.717, 1.165) is 72.7 Å². The Morgan fingerprint density at radius 1 is 0.796 bits per heavy atom. The van der Waals surface area contributed by atoms with Crippen molar-refractivity contribution in [1.82, 2.24) is 0 Å². The molecule has 6 rings (SSSR count). The van der Waals surface area contributed by atoms with Crippen molar-refractivity contribution in [1.29, 1.82) is 0 Å². The minimum atomic E-state index is -0.217. The third-order valence-corrected chi connectivity index (χ3v) is 14.9. The number of hydrogen-bond acceptors (Lipinski definition) is 4. The van der Waals surface area contributed by atoms with Gasteiger partial charge in [0.2, 0.25) is 0 Å². The van der Waals surface area contributed by atoms with E-state index in [1.165, 1.54) is 19.3 Å². The van der Waals surface area contributed by atoms with Crippen LogP contribution in [0.15, 0.2) is 68.6 Å². The van der Waals surface area contributed by atoms with Crippen LogP contribution in [0.5, 0.6) is 0 Å². The first-order valence-electron chi connectivity index (χ1n) is 19.0. The molecule has 0 aliphatic heterocycles. The van der Waals surface area contributed by atoms with Crippen molar-refractivity contribution in [2.45, 2.75) is 131 Å². The van der Waals surface area contributed by atoms with E-state index in [1.807, 2.05) is 48.5 Å². The van der Waals surface area contributed by atoms with Gasteiger partial charge in [0.15, 0.2) is 0 Å². The molecule has 0 heterocycles. The molecule has 4 aliphatic carbocycles. The van der Waals surface area contributed by atoms with Crippen LogP contribution in [-0.4, -0.2) is 24.1 Å². The number of allylic oxidation sites excluding steroid dienone is 1. The maximum absolute atomic E-state index is 13.9. The van der Waals surface area contributed by atoms with Crippen molar-refractivity contribution in [2.24, 2.45) is 39.9 Å². The summed E-state index contributed by atoms with van der Waals surface area (Å²) in [4.78, 5) is 26.9. The summed E-state index contributed by atoms with van der Waals surface area (Å²) in [7, 11) is 0. The Hall–Kier alpha value is -1.92. The summed E-state index contributed by atoms with van der Waals surface area (Å²) in [6.07, 6.45) is 12.8.